The van der Waals surface area contributed by atoms with Crippen molar-refractivity contribution in [2.45, 2.75) is 25.9 Å². The second kappa shape index (κ2) is 9.08. The molecule has 2 N–H and O–H groups in total. The molecule has 0 saturated heterocycles. The highest BCUT2D eigenvalue weighted by molar-refractivity contribution is 5.76. The lowest BCUT2D eigenvalue weighted by Crippen LogP contribution is -2.38. The van der Waals surface area contributed by atoms with Crippen molar-refractivity contribution in [3.8, 4) is 11.5 Å². The van der Waals surface area contributed by atoms with Crippen LogP contribution in [0.25, 0.3) is 0 Å². The Morgan fingerprint density at radius 3 is 2.44 bits per heavy atom. The minimum absolute atomic E-state index is 0.591. The Morgan fingerprint density at radius 1 is 1.04 bits per heavy atom. The van der Waals surface area contributed by atoms with Crippen LogP contribution in [0.2, 0.25) is 0 Å². The van der Waals surface area contributed by atoms with E-state index in [1.54, 1.807) is 19.9 Å². The molecular formula is C20H25NO4. The molecule has 0 saturated carbocycles. The molecule has 0 spiro atoms. The molecule has 0 atom stereocenters. The largest absolute Gasteiger partial charge is 0.492 e. The summed E-state index contributed by atoms with van der Waals surface area (Å²) in [5.41, 5.74) is -0.277. The summed E-state index contributed by atoms with van der Waals surface area (Å²) in [6.45, 7) is 5.18. The number of hydrogen-bond acceptors (Lipinski definition) is 4. The molecule has 2 aromatic rings. The Bertz CT molecular complexity index is 670. The van der Waals surface area contributed by atoms with Gasteiger partial charge >= 0.3 is 5.97 Å². The van der Waals surface area contributed by atoms with E-state index in [4.69, 9.17) is 9.47 Å². The highest BCUT2D eigenvalue weighted by Gasteiger charge is 2.29. The Labute approximate surface area is 148 Å². The zero-order chi connectivity index (χ0) is 18.1. The average molecular weight is 343 g/mol. The van der Waals surface area contributed by atoms with Gasteiger partial charge in [-0.2, -0.15) is 0 Å². The van der Waals surface area contributed by atoms with Gasteiger partial charge in [0, 0.05) is 6.54 Å². The van der Waals surface area contributed by atoms with Crippen LogP contribution in [0.3, 0.4) is 0 Å². The number of rotatable bonds is 10. The molecule has 2 aromatic carbocycles. The fraction of sp³-hybridized carbons (Fsp3) is 0.350. The minimum Gasteiger partial charge on any atom is -0.492 e. The summed E-state index contributed by atoms with van der Waals surface area (Å²) in [6.07, 6.45) is 0.747. The third-order valence-electron chi connectivity index (χ3n) is 3.71. The minimum atomic E-state index is -1.26. The molecule has 0 heterocycles. The van der Waals surface area contributed by atoms with Gasteiger partial charge < -0.3 is 19.9 Å². The third kappa shape index (κ3) is 6.12. The molecular weight excluding hydrogens is 318 g/mol. The van der Waals surface area contributed by atoms with E-state index in [0.717, 1.165) is 30.8 Å². The van der Waals surface area contributed by atoms with E-state index >= 15 is 0 Å². The maximum atomic E-state index is 11.2. The van der Waals surface area contributed by atoms with Crippen LogP contribution in [0.1, 0.15) is 19.4 Å². The molecule has 0 unspecified atom stereocenters. The molecule has 25 heavy (non-hydrogen) atoms. The second-order valence-electron chi connectivity index (χ2n) is 6.19. The van der Waals surface area contributed by atoms with Crippen molar-refractivity contribution in [3.63, 3.8) is 0 Å². The Kier molecular flexibility index (Phi) is 6.83. The van der Waals surface area contributed by atoms with Gasteiger partial charge in [0.2, 0.25) is 0 Å². The van der Waals surface area contributed by atoms with Gasteiger partial charge in [-0.3, -0.25) is 0 Å². The number of aliphatic carboxylic acids is 1. The number of para-hydroxylation sites is 2. The first kappa shape index (κ1) is 18.8. The summed E-state index contributed by atoms with van der Waals surface area (Å²) >= 11 is 0. The van der Waals surface area contributed by atoms with Crippen molar-refractivity contribution in [1.29, 1.82) is 0 Å². The zero-order valence-corrected chi connectivity index (χ0v) is 14.7. The Balaban J connectivity index is 1.76. The van der Waals surface area contributed by atoms with Crippen LogP contribution in [0.4, 0.5) is 0 Å². The SMILES string of the molecule is CC(C)(Oc1ccccc1CCNCCOc1ccccc1)C(=O)O. The highest BCUT2D eigenvalue weighted by atomic mass is 16.5. The van der Waals surface area contributed by atoms with Crippen LogP contribution in [-0.4, -0.2) is 36.4 Å². The van der Waals surface area contributed by atoms with Crippen LogP contribution >= 0.6 is 0 Å². The number of carboxylic acid groups (broad SMARTS) is 1. The summed E-state index contributed by atoms with van der Waals surface area (Å²) in [7, 11) is 0. The van der Waals surface area contributed by atoms with Crippen molar-refractivity contribution in [1.82, 2.24) is 5.32 Å². The van der Waals surface area contributed by atoms with Crippen molar-refractivity contribution in [2.75, 3.05) is 19.7 Å². The molecule has 0 radical (unpaired) electrons. The van der Waals surface area contributed by atoms with Crippen LogP contribution in [0, 0.1) is 0 Å². The van der Waals surface area contributed by atoms with Crippen LogP contribution in [0.15, 0.2) is 54.6 Å². The van der Waals surface area contributed by atoms with Crippen molar-refractivity contribution in [2.24, 2.45) is 0 Å². The molecule has 0 aromatic heterocycles. The van der Waals surface area contributed by atoms with Crippen molar-refractivity contribution < 1.29 is 19.4 Å². The molecule has 2 rings (SSSR count). The molecule has 0 aliphatic carbocycles. The molecule has 0 amide bonds. The smallest absolute Gasteiger partial charge is 0.347 e. The van der Waals surface area contributed by atoms with Gasteiger partial charge in [0.1, 0.15) is 18.1 Å². The summed E-state index contributed by atoms with van der Waals surface area (Å²) in [5.74, 6) is 0.481. The van der Waals surface area contributed by atoms with Gasteiger partial charge in [-0.1, -0.05) is 36.4 Å². The van der Waals surface area contributed by atoms with E-state index in [1.165, 1.54) is 0 Å². The summed E-state index contributed by atoms with van der Waals surface area (Å²) in [5, 5.41) is 12.5. The average Bonchev–Trinajstić information content (AvgIpc) is 2.60. The molecule has 0 bridgehead atoms. The first-order valence-corrected chi connectivity index (χ1v) is 8.38. The highest BCUT2D eigenvalue weighted by Crippen LogP contribution is 2.23. The normalized spacial score (nSPS) is 11.1. The quantitative estimate of drug-likeness (QED) is 0.649. The number of benzene rings is 2. The van der Waals surface area contributed by atoms with Crippen molar-refractivity contribution in [3.05, 3.63) is 60.2 Å². The van der Waals surface area contributed by atoms with E-state index in [2.05, 4.69) is 5.32 Å². The van der Waals surface area contributed by atoms with Crippen LogP contribution < -0.4 is 14.8 Å². The predicted molar refractivity (Wildman–Crippen MR) is 97.3 cm³/mol. The topological polar surface area (TPSA) is 67.8 Å². The van der Waals surface area contributed by atoms with Gasteiger partial charge in [0.25, 0.3) is 0 Å². The van der Waals surface area contributed by atoms with Gasteiger partial charge in [-0.15, -0.1) is 0 Å². The summed E-state index contributed by atoms with van der Waals surface area (Å²) in [4.78, 5) is 11.2. The molecule has 0 fully saturated rings. The molecule has 0 aliphatic heterocycles. The monoisotopic (exact) mass is 343 g/mol. The Morgan fingerprint density at radius 2 is 1.72 bits per heavy atom. The fourth-order valence-electron chi connectivity index (χ4n) is 2.23. The molecule has 0 aliphatic rings. The molecule has 134 valence electrons. The van der Waals surface area contributed by atoms with Crippen molar-refractivity contribution >= 4 is 5.97 Å². The van der Waals surface area contributed by atoms with E-state index in [-0.39, 0.29) is 0 Å². The van der Waals surface area contributed by atoms with Crippen LogP contribution in [-0.2, 0) is 11.2 Å². The molecule has 5 heteroatoms. The van der Waals surface area contributed by atoms with E-state index in [1.807, 2.05) is 48.5 Å². The van der Waals surface area contributed by atoms with E-state index in [9.17, 15) is 9.90 Å². The maximum Gasteiger partial charge on any atom is 0.347 e. The standard InChI is InChI=1S/C20H25NO4/c1-20(2,19(22)23)25-18-11-7-6-8-16(18)12-13-21-14-15-24-17-9-4-3-5-10-17/h3-11,21H,12-15H2,1-2H3,(H,22,23). The zero-order valence-electron chi connectivity index (χ0n) is 14.7. The first-order chi connectivity index (χ1) is 12.0. The van der Waals surface area contributed by atoms with Gasteiger partial charge in [-0.05, 0) is 50.6 Å². The number of ether oxygens (including phenoxy) is 2. The predicted octanol–water partition coefficient (Wildman–Crippen LogP) is 3.14. The summed E-state index contributed by atoms with van der Waals surface area (Å²) in [6, 6.07) is 17.2. The maximum absolute atomic E-state index is 11.2. The number of hydrogen-bond donors (Lipinski definition) is 2. The van der Waals surface area contributed by atoms with Gasteiger partial charge in [-0.25, -0.2) is 4.79 Å². The fourth-order valence-corrected chi connectivity index (χ4v) is 2.23. The summed E-state index contributed by atoms with van der Waals surface area (Å²) < 4.78 is 11.3. The lowest BCUT2D eigenvalue weighted by Gasteiger charge is -2.23. The lowest BCUT2D eigenvalue weighted by atomic mass is 10.1. The first-order valence-electron chi connectivity index (χ1n) is 8.38. The van der Waals surface area contributed by atoms with E-state index in [0.29, 0.717) is 12.4 Å². The second-order valence-corrected chi connectivity index (χ2v) is 6.19. The van der Waals surface area contributed by atoms with Gasteiger partial charge in [0.05, 0.1) is 0 Å². The van der Waals surface area contributed by atoms with E-state index < -0.39 is 11.6 Å². The number of nitrogens with one attached hydrogen (secondary N) is 1. The third-order valence-corrected chi connectivity index (χ3v) is 3.71. The number of carbonyl (C=O) groups is 1. The van der Waals surface area contributed by atoms with Gasteiger partial charge in [0.15, 0.2) is 5.60 Å². The lowest BCUT2D eigenvalue weighted by molar-refractivity contribution is -0.152. The number of carboxylic acids is 1. The Hall–Kier alpha value is -2.53. The van der Waals surface area contributed by atoms with Crippen LogP contribution in [0.5, 0.6) is 11.5 Å². The molecule has 5 nitrogen and oxygen atoms in total.